The summed E-state index contributed by atoms with van der Waals surface area (Å²) in [5.41, 5.74) is 0.811. The van der Waals surface area contributed by atoms with Crippen molar-refractivity contribution in [3.05, 3.63) is 39.2 Å². The number of carbonyl (C=O) groups excluding carboxylic acids is 1. The van der Waals surface area contributed by atoms with Crippen molar-refractivity contribution in [1.29, 1.82) is 0 Å². The lowest BCUT2D eigenvalue weighted by molar-refractivity contribution is 0.0779. The lowest BCUT2D eigenvalue weighted by atomic mass is 10.2. The van der Waals surface area contributed by atoms with Gasteiger partial charge in [-0.15, -0.1) is 11.3 Å². The first-order chi connectivity index (χ1) is 9.38. The van der Waals surface area contributed by atoms with Gasteiger partial charge in [0.25, 0.3) is 5.91 Å². The fourth-order valence-electron chi connectivity index (χ4n) is 1.91. The average Bonchev–Trinajstić information content (AvgIpc) is 2.95. The minimum Gasteiger partial charge on any atom is -0.464 e. The van der Waals surface area contributed by atoms with Crippen LogP contribution in [0, 0.1) is 13.8 Å². The minimum atomic E-state index is 0.000882. The number of hydrogen-bond donors (Lipinski definition) is 0. The monoisotopic (exact) mass is 292 g/mol. The van der Waals surface area contributed by atoms with E-state index in [1.165, 1.54) is 11.3 Å². The number of amides is 1. The van der Waals surface area contributed by atoms with Crippen LogP contribution >= 0.6 is 11.3 Å². The van der Waals surface area contributed by atoms with E-state index in [1.807, 2.05) is 26.0 Å². The first kappa shape index (κ1) is 14.8. The molecule has 0 aliphatic heterocycles. The van der Waals surface area contributed by atoms with E-state index in [-0.39, 0.29) is 5.91 Å². The Morgan fingerprint density at radius 3 is 2.60 bits per heavy atom. The molecule has 0 fully saturated rings. The molecule has 0 N–H and O–H groups in total. The Labute approximate surface area is 123 Å². The van der Waals surface area contributed by atoms with Gasteiger partial charge in [0, 0.05) is 13.0 Å². The third-order valence-corrected chi connectivity index (χ3v) is 4.48. The zero-order valence-corrected chi connectivity index (χ0v) is 13.4. The first-order valence-corrected chi connectivity index (χ1v) is 7.48. The van der Waals surface area contributed by atoms with E-state index in [9.17, 15) is 4.79 Å². The summed E-state index contributed by atoms with van der Waals surface area (Å²) in [5, 5.41) is 1.01. The molecular weight excluding hydrogens is 272 g/mol. The van der Waals surface area contributed by atoms with Crippen LogP contribution in [0.3, 0.4) is 0 Å². The van der Waals surface area contributed by atoms with Gasteiger partial charge in [-0.05, 0) is 26.0 Å². The molecule has 0 aliphatic rings. The van der Waals surface area contributed by atoms with Gasteiger partial charge in [0.1, 0.15) is 16.4 Å². The Bertz CT molecular complexity index is 613. The second-order valence-corrected chi connectivity index (χ2v) is 6.33. The fourth-order valence-corrected chi connectivity index (χ4v) is 2.98. The van der Waals surface area contributed by atoms with E-state index in [2.05, 4.69) is 18.8 Å². The molecule has 20 heavy (non-hydrogen) atoms. The molecule has 0 saturated carbocycles. The van der Waals surface area contributed by atoms with E-state index in [0.717, 1.165) is 27.1 Å². The highest BCUT2D eigenvalue weighted by Crippen LogP contribution is 2.25. The SMILES string of the molecule is Cc1ccc(CN(C)C(=O)c2sc(C(C)C)nc2C)o1. The standard InChI is InChI=1S/C15H20N2O2S/c1-9(2)14-16-11(4)13(20-14)15(18)17(5)8-12-7-6-10(3)19-12/h6-7,9H,8H2,1-5H3. The first-order valence-electron chi connectivity index (χ1n) is 6.66. The van der Waals surface area contributed by atoms with Gasteiger partial charge >= 0.3 is 0 Å². The van der Waals surface area contributed by atoms with Crippen LogP contribution in [0.2, 0.25) is 0 Å². The Morgan fingerprint density at radius 1 is 1.40 bits per heavy atom. The number of aromatic nitrogens is 1. The van der Waals surface area contributed by atoms with Gasteiger partial charge < -0.3 is 9.32 Å². The Balaban J connectivity index is 2.14. The topological polar surface area (TPSA) is 46.3 Å². The normalized spacial score (nSPS) is 11.1. The number of nitrogens with zero attached hydrogens (tertiary/aromatic N) is 2. The van der Waals surface area contributed by atoms with Crippen LogP contribution in [0.25, 0.3) is 0 Å². The summed E-state index contributed by atoms with van der Waals surface area (Å²) in [6.07, 6.45) is 0. The van der Waals surface area contributed by atoms with Crippen molar-refractivity contribution in [2.45, 2.75) is 40.2 Å². The molecule has 2 rings (SSSR count). The Morgan fingerprint density at radius 2 is 2.10 bits per heavy atom. The molecule has 0 spiro atoms. The molecule has 2 heterocycles. The van der Waals surface area contributed by atoms with Crippen LogP contribution in [0.1, 0.15) is 51.7 Å². The number of rotatable bonds is 4. The number of hydrogen-bond acceptors (Lipinski definition) is 4. The Hall–Kier alpha value is -1.62. The zero-order chi connectivity index (χ0) is 14.9. The van der Waals surface area contributed by atoms with Gasteiger partial charge in [0.2, 0.25) is 0 Å². The number of aryl methyl sites for hydroxylation is 2. The highest BCUT2D eigenvalue weighted by molar-refractivity contribution is 7.13. The number of furan rings is 1. The number of carbonyl (C=O) groups is 1. The van der Waals surface area contributed by atoms with Crippen molar-refractivity contribution in [2.24, 2.45) is 0 Å². The van der Waals surface area contributed by atoms with Crippen LogP contribution in [-0.4, -0.2) is 22.8 Å². The molecule has 0 radical (unpaired) electrons. The van der Waals surface area contributed by atoms with Gasteiger partial charge in [-0.2, -0.15) is 0 Å². The highest BCUT2D eigenvalue weighted by atomic mass is 32.1. The smallest absolute Gasteiger partial charge is 0.266 e. The van der Waals surface area contributed by atoms with Crippen molar-refractivity contribution >= 4 is 17.2 Å². The number of thiazole rings is 1. The van der Waals surface area contributed by atoms with E-state index in [4.69, 9.17) is 4.42 Å². The zero-order valence-electron chi connectivity index (χ0n) is 12.6. The lowest BCUT2D eigenvalue weighted by Gasteiger charge is -2.14. The van der Waals surface area contributed by atoms with E-state index < -0.39 is 0 Å². The fraction of sp³-hybridized carbons (Fsp3) is 0.467. The van der Waals surface area contributed by atoms with E-state index >= 15 is 0 Å². The molecular formula is C15H20N2O2S. The van der Waals surface area contributed by atoms with E-state index in [0.29, 0.717) is 12.5 Å². The summed E-state index contributed by atoms with van der Waals surface area (Å²) in [4.78, 5) is 19.3. The van der Waals surface area contributed by atoms with Gasteiger partial charge in [-0.1, -0.05) is 13.8 Å². The van der Waals surface area contributed by atoms with Gasteiger partial charge in [0.15, 0.2) is 0 Å². The third kappa shape index (κ3) is 3.10. The van der Waals surface area contributed by atoms with E-state index in [1.54, 1.807) is 11.9 Å². The van der Waals surface area contributed by atoms with Crippen LogP contribution < -0.4 is 0 Å². The van der Waals surface area contributed by atoms with Gasteiger partial charge in [-0.3, -0.25) is 4.79 Å². The molecule has 4 nitrogen and oxygen atoms in total. The molecule has 0 saturated heterocycles. The minimum absolute atomic E-state index is 0.000882. The Kier molecular flexibility index (Phi) is 4.28. The molecule has 0 atom stereocenters. The predicted molar refractivity (Wildman–Crippen MR) is 80.2 cm³/mol. The molecule has 108 valence electrons. The molecule has 0 aliphatic carbocycles. The maximum atomic E-state index is 12.5. The van der Waals surface area contributed by atoms with Crippen LogP contribution in [-0.2, 0) is 6.54 Å². The second kappa shape index (κ2) is 5.79. The predicted octanol–water partition coefficient (Wildman–Crippen LogP) is 3.75. The maximum Gasteiger partial charge on any atom is 0.266 e. The summed E-state index contributed by atoms with van der Waals surface area (Å²) < 4.78 is 5.51. The van der Waals surface area contributed by atoms with Crippen molar-refractivity contribution < 1.29 is 9.21 Å². The second-order valence-electron chi connectivity index (χ2n) is 5.29. The largest absolute Gasteiger partial charge is 0.464 e. The summed E-state index contributed by atoms with van der Waals surface area (Å²) in [5.74, 6) is 2.00. The van der Waals surface area contributed by atoms with Gasteiger partial charge in [0.05, 0.1) is 17.2 Å². The summed E-state index contributed by atoms with van der Waals surface area (Å²) in [7, 11) is 1.79. The van der Waals surface area contributed by atoms with Crippen molar-refractivity contribution in [2.75, 3.05) is 7.05 Å². The van der Waals surface area contributed by atoms with Crippen LogP contribution in [0.5, 0.6) is 0 Å². The molecule has 0 unspecified atom stereocenters. The molecule has 5 heteroatoms. The summed E-state index contributed by atoms with van der Waals surface area (Å²) in [6.45, 7) is 8.43. The van der Waals surface area contributed by atoms with Crippen molar-refractivity contribution in [3.63, 3.8) is 0 Å². The maximum absolute atomic E-state index is 12.5. The third-order valence-electron chi connectivity index (χ3n) is 3.04. The van der Waals surface area contributed by atoms with Crippen LogP contribution in [0.4, 0.5) is 0 Å². The molecule has 0 bridgehead atoms. The van der Waals surface area contributed by atoms with Crippen molar-refractivity contribution in [3.8, 4) is 0 Å². The molecule has 2 aromatic rings. The summed E-state index contributed by atoms with van der Waals surface area (Å²) in [6, 6.07) is 3.81. The average molecular weight is 292 g/mol. The molecule has 1 amide bonds. The highest BCUT2D eigenvalue weighted by Gasteiger charge is 2.20. The van der Waals surface area contributed by atoms with Gasteiger partial charge in [-0.25, -0.2) is 4.98 Å². The summed E-state index contributed by atoms with van der Waals surface area (Å²) >= 11 is 1.49. The van der Waals surface area contributed by atoms with Crippen LogP contribution in [0.15, 0.2) is 16.5 Å². The quantitative estimate of drug-likeness (QED) is 0.862. The molecule has 0 aromatic carbocycles. The molecule has 2 aromatic heterocycles. The van der Waals surface area contributed by atoms with Crippen molar-refractivity contribution in [1.82, 2.24) is 9.88 Å². The lowest BCUT2D eigenvalue weighted by Crippen LogP contribution is -2.25.